The molecule has 1 aromatic rings. The zero-order valence-corrected chi connectivity index (χ0v) is 16.4. The molecule has 2 aliphatic rings. The summed E-state index contributed by atoms with van der Waals surface area (Å²) in [5.41, 5.74) is 0.664. The van der Waals surface area contributed by atoms with Crippen LogP contribution in [0, 0.1) is 11.3 Å². The molecule has 7 heteroatoms. The summed E-state index contributed by atoms with van der Waals surface area (Å²) in [7, 11) is 0. The maximum absolute atomic E-state index is 12.6. The van der Waals surface area contributed by atoms with Gasteiger partial charge in [-0.3, -0.25) is 4.79 Å². The van der Waals surface area contributed by atoms with Crippen molar-refractivity contribution in [1.29, 1.82) is 0 Å². The van der Waals surface area contributed by atoms with Gasteiger partial charge in [0, 0.05) is 6.04 Å². The van der Waals surface area contributed by atoms with E-state index < -0.39 is 0 Å². The highest BCUT2D eigenvalue weighted by Gasteiger charge is 2.35. The largest absolute Gasteiger partial charge is 0.348 e. The first-order valence-corrected chi connectivity index (χ1v) is 9.38. The molecule has 1 aliphatic carbocycles. The van der Waals surface area contributed by atoms with Crippen LogP contribution in [0.25, 0.3) is 0 Å². The average Bonchev–Trinajstić information content (AvgIpc) is 3.05. The lowest BCUT2D eigenvalue weighted by molar-refractivity contribution is 0.0825. The van der Waals surface area contributed by atoms with Crippen LogP contribution in [0.2, 0.25) is 0 Å². The zero-order valence-electron chi connectivity index (χ0n) is 15.6. The minimum absolute atomic E-state index is 0. The Balaban J connectivity index is 0.00000225. The van der Waals surface area contributed by atoms with E-state index in [1.807, 2.05) is 10.9 Å². The van der Waals surface area contributed by atoms with Gasteiger partial charge in [0.25, 0.3) is 5.91 Å². The van der Waals surface area contributed by atoms with Crippen LogP contribution in [0.5, 0.6) is 0 Å². The van der Waals surface area contributed by atoms with Gasteiger partial charge < -0.3 is 10.6 Å². The van der Waals surface area contributed by atoms with Crippen LogP contribution in [0.4, 0.5) is 0 Å². The molecule has 1 aliphatic heterocycles. The van der Waals surface area contributed by atoms with Gasteiger partial charge in [0.05, 0.1) is 12.2 Å². The third-order valence-corrected chi connectivity index (χ3v) is 5.62. The summed E-state index contributed by atoms with van der Waals surface area (Å²) in [6.07, 6.45) is 8.62. The van der Waals surface area contributed by atoms with Crippen molar-refractivity contribution in [3.05, 3.63) is 11.9 Å². The molecule has 2 atom stereocenters. The van der Waals surface area contributed by atoms with Crippen LogP contribution < -0.4 is 10.6 Å². The number of carbonyl (C=O) groups is 1. The first-order chi connectivity index (χ1) is 11.4. The summed E-state index contributed by atoms with van der Waals surface area (Å²) >= 11 is 0. The zero-order chi connectivity index (χ0) is 17.2. The summed E-state index contributed by atoms with van der Waals surface area (Å²) in [5.74, 6) is 0.450. The minimum atomic E-state index is -0.0728. The predicted octanol–water partition coefficient (Wildman–Crippen LogP) is 2.96. The fourth-order valence-electron chi connectivity index (χ4n) is 4.21. The maximum atomic E-state index is 12.6. The molecule has 1 amide bonds. The molecule has 0 radical (unpaired) electrons. The minimum Gasteiger partial charge on any atom is -0.348 e. The van der Waals surface area contributed by atoms with Crippen LogP contribution in [0.15, 0.2) is 6.20 Å². The lowest BCUT2D eigenvalue weighted by Crippen LogP contribution is -2.46. The summed E-state index contributed by atoms with van der Waals surface area (Å²) in [6.45, 7) is 8.82. The van der Waals surface area contributed by atoms with Crippen LogP contribution in [-0.2, 0) is 0 Å². The fourth-order valence-corrected chi connectivity index (χ4v) is 4.21. The SMILES string of the molecule is CC(C)(C)C1CCCCC1NC(=O)c1cn(C2CCNCC2)nn1.Cl. The Kier molecular flexibility index (Phi) is 6.86. The lowest BCUT2D eigenvalue weighted by Gasteiger charge is -2.40. The van der Waals surface area contributed by atoms with Crippen molar-refractivity contribution in [2.75, 3.05) is 13.1 Å². The Morgan fingerprint density at radius 2 is 1.88 bits per heavy atom. The Bertz CT molecular complexity index is 562. The number of hydrogen-bond donors (Lipinski definition) is 2. The van der Waals surface area contributed by atoms with Gasteiger partial charge in [-0.1, -0.05) is 38.8 Å². The van der Waals surface area contributed by atoms with Crippen LogP contribution in [-0.4, -0.2) is 40.0 Å². The molecule has 2 N–H and O–H groups in total. The third-order valence-electron chi connectivity index (χ3n) is 5.62. The second-order valence-corrected chi connectivity index (χ2v) is 8.40. The van der Waals surface area contributed by atoms with E-state index in [4.69, 9.17) is 0 Å². The van der Waals surface area contributed by atoms with Gasteiger partial charge in [0.1, 0.15) is 0 Å². The van der Waals surface area contributed by atoms with Crippen molar-refractivity contribution in [3.8, 4) is 0 Å². The highest BCUT2D eigenvalue weighted by molar-refractivity contribution is 5.92. The number of halogens is 1. The Morgan fingerprint density at radius 3 is 2.56 bits per heavy atom. The molecule has 25 heavy (non-hydrogen) atoms. The molecule has 2 fully saturated rings. The van der Waals surface area contributed by atoms with Gasteiger partial charge in [-0.25, -0.2) is 4.68 Å². The van der Waals surface area contributed by atoms with Gasteiger partial charge in [-0.15, -0.1) is 17.5 Å². The standard InChI is InChI=1S/C18H31N5O.ClH/c1-18(2,3)14-6-4-5-7-15(14)20-17(24)16-12-23(22-21-16)13-8-10-19-11-9-13;/h12-15,19H,4-11H2,1-3H3,(H,20,24);1H. The summed E-state index contributed by atoms with van der Waals surface area (Å²) in [5, 5.41) is 14.9. The second kappa shape index (κ2) is 8.49. The summed E-state index contributed by atoms with van der Waals surface area (Å²) < 4.78 is 1.87. The van der Waals surface area contributed by atoms with E-state index >= 15 is 0 Å². The van der Waals surface area contributed by atoms with Crippen LogP contribution in [0.1, 0.15) is 75.8 Å². The molecule has 0 bridgehead atoms. The Hall–Kier alpha value is -1.14. The van der Waals surface area contributed by atoms with Crippen LogP contribution in [0.3, 0.4) is 0 Å². The molecule has 3 rings (SSSR count). The molecule has 0 aromatic carbocycles. The van der Waals surface area contributed by atoms with E-state index in [0.717, 1.165) is 32.4 Å². The highest BCUT2D eigenvalue weighted by Crippen LogP contribution is 2.38. The molecule has 6 nitrogen and oxygen atoms in total. The molecule has 2 unspecified atom stereocenters. The van der Waals surface area contributed by atoms with E-state index in [1.54, 1.807) is 0 Å². The normalized spacial score (nSPS) is 25.2. The van der Waals surface area contributed by atoms with Gasteiger partial charge in [-0.2, -0.15) is 0 Å². The van der Waals surface area contributed by atoms with Gasteiger partial charge in [-0.05, 0) is 50.1 Å². The van der Waals surface area contributed by atoms with Crippen molar-refractivity contribution in [2.24, 2.45) is 11.3 Å². The number of hydrogen-bond acceptors (Lipinski definition) is 4. The second-order valence-electron chi connectivity index (χ2n) is 8.40. The highest BCUT2D eigenvalue weighted by atomic mass is 35.5. The van der Waals surface area contributed by atoms with E-state index in [-0.39, 0.29) is 29.8 Å². The summed E-state index contributed by atoms with van der Waals surface area (Å²) in [4.78, 5) is 12.6. The molecule has 1 saturated heterocycles. The molecule has 1 saturated carbocycles. The fraction of sp³-hybridized carbons (Fsp3) is 0.833. The Morgan fingerprint density at radius 1 is 1.20 bits per heavy atom. The quantitative estimate of drug-likeness (QED) is 0.859. The first kappa shape index (κ1) is 20.2. The number of rotatable bonds is 3. The van der Waals surface area contributed by atoms with E-state index in [1.165, 1.54) is 19.3 Å². The summed E-state index contributed by atoms with van der Waals surface area (Å²) in [6, 6.07) is 0.604. The van der Waals surface area contributed by atoms with Crippen LogP contribution >= 0.6 is 12.4 Å². The number of amides is 1. The van der Waals surface area contributed by atoms with E-state index in [9.17, 15) is 4.79 Å². The van der Waals surface area contributed by atoms with Gasteiger partial charge in [0.2, 0.25) is 0 Å². The number of carbonyl (C=O) groups excluding carboxylic acids is 1. The van der Waals surface area contributed by atoms with Crippen molar-refractivity contribution in [3.63, 3.8) is 0 Å². The Labute approximate surface area is 156 Å². The number of piperidine rings is 1. The predicted molar refractivity (Wildman–Crippen MR) is 101 cm³/mol. The molecule has 1 aromatic heterocycles. The van der Waals surface area contributed by atoms with Gasteiger partial charge >= 0.3 is 0 Å². The molecular formula is C18H32ClN5O. The van der Waals surface area contributed by atoms with Crippen molar-refractivity contribution >= 4 is 18.3 Å². The number of aromatic nitrogens is 3. The monoisotopic (exact) mass is 369 g/mol. The van der Waals surface area contributed by atoms with Gasteiger partial charge in [0.15, 0.2) is 5.69 Å². The topological polar surface area (TPSA) is 71.8 Å². The van der Waals surface area contributed by atoms with E-state index in [2.05, 4.69) is 41.7 Å². The number of nitrogens with one attached hydrogen (secondary N) is 2. The first-order valence-electron chi connectivity index (χ1n) is 9.38. The molecule has 142 valence electrons. The lowest BCUT2D eigenvalue weighted by atomic mass is 9.69. The molecule has 0 spiro atoms. The van der Waals surface area contributed by atoms with Crippen molar-refractivity contribution in [2.45, 2.75) is 71.4 Å². The van der Waals surface area contributed by atoms with Crippen molar-refractivity contribution < 1.29 is 4.79 Å². The average molecular weight is 370 g/mol. The van der Waals surface area contributed by atoms with E-state index in [0.29, 0.717) is 17.7 Å². The molecule has 2 heterocycles. The van der Waals surface area contributed by atoms with Crippen molar-refractivity contribution in [1.82, 2.24) is 25.6 Å². The maximum Gasteiger partial charge on any atom is 0.273 e. The number of nitrogens with zero attached hydrogens (tertiary/aromatic N) is 3. The third kappa shape index (κ3) is 4.94. The molecular weight excluding hydrogens is 338 g/mol. The smallest absolute Gasteiger partial charge is 0.273 e.